The molecule has 2 aromatic rings. The Morgan fingerprint density at radius 2 is 1.75 bits per heavy atom. The van der Waals surface area contributed by atoms with Crippen molar-refractivity contribution in [2.45, 2.75) is 12.5 Å². The molecule has 9 heteroatoms. The Balaban J connectivity index is 1.44. The zero-order valence-electron chi connectivity index (χ0n) is 18.2. The highest BCUT2D eigenvalue weighted by molar-refractivity contribution is 7.93. The molecule has 8 nitrogen and oxygen atoms in total. The van der Waals surface area contributed by atoms with E-state index in [0.717, 1.165) is 24.4 Å². The zero-order valence-corrected chi connectivity index (χ0v) is 19.0. The van der Waals surface area contributed by atoms with Crippen LogP contribution in [0.15, 0.2) is 48.5 Å². The van der Waals surface area contributed by atoms with Crippen LogP contribution < -0.4 is 14.4 Å². The molecule has 1 amide bonds. The van der Waals surface area contributed by atoms with Crippen molar-refractivity contribution < 1.29 is 22.7 Å². The second-order valence-electron chi connectivity index (χ2n) is 7.94. The molecule has 1 N–H and O–H groups in total. The zero-order chi connectivity index (χ0) is 22.6. The summed E-state index contributed by atoms with van der Waals surface area (Å²) in [5.41, 5.74) is 2.20. The molecule has 2 fully saturated rings. The molecule has 0 spiro atoms. The van der Waals surface area contributed by atoms with Crippen LogP contribution in [0.4, 0.5) is 5.69 Å². The maximum Gasteiger partial charge on any atom is 0.251 e. The minimum absolute atomic E-state index is 0.0165. The summed E-state index contributed by atoms with van der Waals surface area (Å²) >= 11 is 0. The summed E-state index contributed by atoms with van der Waals surface area (Å²) in [5, 5.41) is 3.04. The van der Waals surface area contributed by atoms with Crippen molar-refractivity contribution in [3.8, 4) is 5.75 Å². The van der Waals surface area contributed by atoms with E-state index in [4.69, 9.17) is 9.47 Å². The van der Waals surface area contributed by atoms with Gasteiger partial charge in [-0.3, -0.25) is 14.0 Å². The average molecular weight is 460 g/mol. The number of benzene rings is 2. The van der Waals surface area contributed by atoms with Crippen LogP contribution in [0.2, 0.25) is 0 Å². The fraction of sp³-hybridized carbons (Fsp3) is 0.435. The molecule has 0 bridgehead atoms. The van der Waals surface area contributed by atoms with Gasteiger partial charge in [-0.1, -0.05) is 12.1 Å². The Morgan fingerprint density at radius 1 is 1.06 bits per heavy atom. The van der Waals surface area contributed by atoms with Crippen LogP contribution in [-0.2, 0) is 14.8 Å². The summed E-state index contributed by atoms with van der Waals surface area (Å²) in [6, 6.07) is 14.7. The van der Waals surface area contributed by atoms with Crippen LogP contribution in [0.5, 0.6) is 5.75 Å². The van der Waals surface area contributed by atoms with Gasteiger partial charge in [0.15, 0.2) is 0 Å². The molecule has 0 radical (unpaired) electrons. The summed E-state index contributed by atoms with van der Waals surface area (Å²) in [6.45, 7) is 3.87. The minimum Gasteiger partial charge on any atom is -0.497 e. The van der Waals surface area contributed by atoms with Crippen molar-refractivity contribution in [2.24, 2.45) is 0 Å². The lowest BCUT2D eigenvalue weighted by Gasteiger charge is -2.35. The highest BCUT2D eigenvalue weighted by Gasteiger charge is 2.28. The summed E-state index contributed by atoms with van der Waals surface area (Å²) in [5.74, 6) is 0.773. The number of ether oxygens (including phenoxy) is 2. The van der Waals surface area contributed by atoms with Crippen LogP contribution in [0.25, 0.3) is 0 Å². The van der Waals surface area contributed by atoms with E-state index in [1.54, 1.807) is 31.4 Å². The van der Waals surface area contributed by atoms with E-state index < -0.39 is 10.0 Å². The van der Waals surface area contributed by atoms with Gasteiger partial charge in [-0.2, -0.15) is 0 Å². The lowest BCUT2D eigenvalue weighted by molar-refractivity contribution is 0.0162. The van der Waals surface area contributed by atoms with E-state index in [1.165, 1.54) is 4.31 Å². The molecule has 0 aliphatic carbocycles. The third-order valence-corrected chi connectivity index (χ3v) is 7.83. The van der Waals surface area contributed by atoms with Crippen molar-refractivity contribution in [3.05, 3.63) is 59.7 Å². The molecule has 0 aromatic heterocycles. The number of nitrogens with one attached hydrogen (secondary N) is 1. The largest absolute Gasteiger partial charge is 0.497 e. The van der Waals surface area contributed by atoms with Gasteiger partial charge in [0, 0.05) is 31.7 Å². The number of hydrogen-bond donors (Lipinski definition) is 1. The number of carbonyl (C=O) groups excluding carboxylic acids is 1. The minimum atomic E-state index is -3.23. The molecule has 172 valence electrons. The highest BCUT2D eigenvalue weighted by Crippen LogP contribution is 2.25. The third kappa shape index (κ3) is 5.06. The Bertz CT molecular complexity index is 1020. The molecule has 2 aliphatic heterocycles. The predicted molar refractivity (Wildman–Crippen MR) is 123 cm³/mol. The van der Waals surface area contributed by atoms with Crippen LogP contribution >= 0.6 is 0 Å². The number of rotatable bonds is 7. The van der Waals surface area contributed by atoms with Crippen molar-refractivity contribution >= 4 is 21.6 Å². The van der Waals surface area contributed by atoms with E-state index in [-0.39, 0.29) is 17.7 Å². The van der Waals surface area contributed by atoms with Gasteiger partial charge in [0.2, 0.25) is 10.0 Å². The Morgan fingerprint density at radius 3 is 2.34 bits per heavy atom. The van der Waals surface area contributed by atoms with Crippen LogP contribution in [0.1, 0.15) is 28.4 Å². The molecule has 0 saturated carbocycles. The summed E-state index contributed by atoms with van der Waals surface area (Å²) in [4.78, 5) is 15.1. The van der Waals surface area contributed by atoms with Gasteiger partial charge in [0.25, 0.3) is 5.91 Å². The van der Waals surface area contributed by atoms with Gasteiger partial charge in [0.05, 0.1) is 37.8 Å². The Hall–Kier alpha value is -2.62. The average Bonchev–Trinajstić information content (AvgIpc) is 3.19. The molecule has 1 unspecified atom stereocenters. The van der Waals surface area contributed by atoms with Crippen LogP contribution in [0, 0.1) is 0 Å². The first kappa shape index (κ1) is 22.6. The topological polar surface area (TPSA) is 88.2 Å². The van der Waals surface area contributed by atoms with Gasteiger partial charge in [0.1, 0.15) is 5.75 Å². The van der Waals surface area contributed by atoms with Crippen LogP contribution in [0.3, 0.4) is 0 Å². The monoisotopic (exact) mass is 459 g/mol. The molecule has 2 heterocycles. The lowest BCUT2D eigenvalue weighted by Crippen LogP contribution is -2.43. The molecule has 2 aliphatic rings. The van der Waals surface area contributed by atoms with Gasteiger partial charge in [-0.15, -0.1) is 0 Å². The van der Waals surface area contributed by atoms with Gasteiger partial charge < -0.3 is 14.8 Å². The second kappa shape index (κ2) is 9.89. The second-order valence-corrected chi connectivity index (χ2v) is 9.95. The molecule has 4 rings (SSSR count). The molecule has 1 atom stereocenters. The molecular formula is C23H29N3O5S. The molecule has 32 heavy (non-hydrogen) atoms. The fourth-order valence-corrected chi connectivity index (χ4v) is 5.74. The maximum atomic E-state index is 12.8. The van der Waals surface area contributed by atoms with Gasteiger partial charge in [-0.05, 0) is 48.4 Å². The SMILES string of the molecule is COc1ccc(C(CNC(=O)c2ccc(N3CCCS3(=O)=O)cc2)N2CCOCC2)cc1. The number of hydrogen-bond acceptors (Lipinski definition) is 6. The number of anilines is 1. The molecule has 2 aromatic carbocycles. The Labute approximate surface area is 189 Å². The Kier molecular flexibility index (Phi) is 6.98. The normalized spacial score (nSPS) is 19.5. The lowest BCUT2D eigenvalue weighted by atomic mass is 10.0. The number of carbonyl (C=O) groups is 1. The smallest absolute Gasteiger partial charge is 0.251 e. The summed E-state index contributed by atoms with van der Waals surface area (Å²) < 4.78 is 36.4. The van der Waals surface area contributed by atoms with Crippen molar-refractivity contribution in [1.82, 2.24) is 10.2 Å². The van der Waals surface area contributed by atoms with Gasteiger partial charge >= 0.3 is 0 Å². The number of morpholine rings is 1. The van der Waals surface area contributed by atoms with E-state index in [1.807, 2.05) is 24.3 Å². The third-order valence-electron chi connectivity index (χ3n) is 5.96. The van der Waals surface area contributed by atoms with E-state index >= 15 is 0 Å². The number of amides is 1. The first-order valence-electron chi connectivity index (χ1n) is 10.8. The summed E-state index contributed by atoms with van der Waals surface area (Å²) in [6.07, 6.45) is 0.624. The maximum absolute atomic E-state index is 12.8. The predicted octanol–water partition coefficient (Wildman–Crippen LogP) is 2.04. The number of nitrogens with zero attached hydrogens (tertiary/aromatic N) is 2. The van der Waals surface area contributed by atoms with Crippen molar-refractivity contribution in [2.75, 3.05) is 56.6 Å². The number of sulfonamides is 1. The van der Waals surface area contributed by atoms with E-state index in [9.17, 15) is 13.2 Å². The van der Waals surface area contributed by atoms with E-state index in [2.05, 4.69) is 10.2 Å². The van der Waals surface area contributed by atoms with Gasteiger partial charge in [-0.25, -0.2) is 8.42 Å². The standard InChI is InChI=1S/C23H29N3O5S/c1-30-21-9-5-18(6-10-21)22(25-12-14-31-15-13-25)17-24-23(27)19-3-7-20(8-4-19)26-11-2-16-32(26,28)29/h3-10,22H,2,11-17H2,1H3,(H,24,27). The highest BCUT2D eigenvalue weighted by atomic mass is 32.2. The first-order chi connectivity index (χ1) is 15.5. The van der Waals surface area contributed by atoms with Crippen molar-refractivity contribution in [1.29, 1.82) is 0 Å². The molecular weight excluding hydrogens is 430 g/mol. The van der Waals surface area contributed by atoms with Crippen LogP contribution in [-0.4, -0.2) is 71.5 Å². The first-order valence-corrected chi connectivity index (χ1v) is 12.4. The van der Waals surface area contributed by atoms with E-state index in [0.29, 0.717) is 44.0 Å². The number of methoxy groups -OCH3 is 1. The fourth-order valence-electron chi connectivity index (χ4n) is 4.17. The quantitative estimate of drug-likeness (QED) is 0.682. The molecule has 2 saturated heterocycles. The van der Waals surface area contributed by atoms with Crippen molar-refractivity contribution in [3.63, 3.8) is 0 Å². The summed E-state index contributed by atoms with van der Waals surface area (Å²) in [7, 11) is -1.60.